The lowest BCUT2D eigenvalue weighted by Crippen LogP contribution is -2.26. The lowest BCUT2D eigenvalue weighted by Gasteiger charge is -2.05. The van der Waals surface area contributed by atoms with Crippen LogP contribution in [0.25, 0.3) is 10.4 Å². The van der Waals surface area contributed by atoms with Crippen LogP contribution in [0.5, 0.6) is 0 Å². The summed E-state index contributed by atoms with van der Waals surface area (Å²) in [6, 6.07) is 16.6. The summed E-state index contributed by atoms with van der Waals surface area (Å²) >= 11 is 7.08. The van der Waals surface area contributed by atoms with Gasteiger partial charge in [0, 0.05) is 34.0 Å². The monoisotopic (exact) mass is 434 g/mol. The molecule has 0 bridgehead atoms. The Morgan fingerprint density at radius 3 is 2.57 bits per heavy atom. The van der Waals surface area contributed by atoms with Gasteiger partial charge in [0.1, 0.15) is 4.21 Å². The molecule has 1 aromatic heterocycles. The summed E-state index contributed by atoms with van der Waals surface area (Å²) in [5, 5.41) is 11.5. The third kappa shape index (κ3) is 3.95. The van der Waals surface area contributed by atoms with E-state index in [0.29, 0.717) is 11.4 Å². The molecule has 1 saturated carbocycles. The molecule has 1 fully saturated rings. The Bertz CT molecular complexity index is 1140. The molecule has 1 heterocycles. The van der Waals surface area contributed by atoms with Crippen LogP contribution in [0.15, 0.2) is 64.9 Å². The summed E-state index contributed by atoms with van der Waals surface area (Å²) in [5.74, 6) is -0.0506. The zero-order valence-corrected chi connectivity index (χ0v) is 16.8. The van der Waals surface area contributed by atoms with Crippen LogP contribution in [0.2, 0.25) is 5.02 Å². The van der Waals surface area contributed by atoms with E-state index in [1.54, 1.807) is 36.4 Å². The van der Waals surface area contributed by atoms with Crippen molar-refractivity contribution in [3.8, 4) is 10.4 Å². The molecule has 0 amide bonds. The number of nitrogens with one attached hydrogen (secondary N) is 1. The fourth-order valence-corrected chi connectivity index (χ4v) is 5.80. The quantitative estimate of drug-likeness (QED) is 0.445. The molecule has 0 saturated heterocycles. The molecule has 1 aliphatic carbocycles. The molecule has 0 spiro atoms. The van der Waals surface area contributed by atoms with E-state index in [-0.39, 0.29) is 21.9 Å². The summed E-state index contributed by atoms with van der Waals surface area (Å²) in [4.78, 5) is 11.3. The Balaban J connectivity index is 1.48. The highest BCUT2D eigenvalue weighted by Gasteiger charge is 2.42. The topological polar surface area (TPSA) is 89.3 Å². The summed E-state index contributed by atoms with van der Waals surface area (Å²) in [6.07, 6.45) is 0.621. The van der Waals surface area contributed by atoms with Crippen molar-refractivity contribution in [3.05, 3.63) is 81.4 Å². The Hall–Kier alpha value is -2.26. The SMILES string of the molecule is O=[N+]([O-])c1cccc([C@H]2C[C@@H]2NS(=O)(=O)c2ccc(-c3ccc(Cl)cc3)s2)c1. The molecule has 144 valence electrons. The van der Waals surface area contributed by atoms with E-state index >= 15 is 0 Å². The molecule has 2 aromatic carbocycles. The van der Waals surface area contributed by atoms with Crippen LogP contribution in [0.4, 0.5) is 5.69 Å². The standard InChI is InChI=1S/C19H15ClN2O4S2/c20-14-6-4-12(5-7-14)18-8-9-19(27-18)28(25,26)21-17-11-16(17)13-2-1-3-15(10-13)22(23)24/h1-10,16-17,21H,11H2/t16-,17+/m1/s1. The molecule has 0 radical (unpaired) electrons. The first-order valence-corrected chi connectivity index (χ1v) is 11.1. The van der Waals surface area contributed by atoms with Crippen LogP contribution in [0, 0.1) is 10.1 Å². The average Bonchev–Trinajstić information content (AvgIpc) is 3.22. The maximum Gasteiger partial charge on any atom is 0.269 e. The first-order valence-electron chi connectivity index (χ1n) is 8.46. The average molecular weight is 435 g/mol. The van der Waals surface area contributed by atoms with E-state index in [4.69, 9.17) is 11.6 Å². The zero-order valence-electron chi connectivity index (χ0n) is 14.4. The van der Waals surface area contributed by atoms with Gasteiger partial charge in [0.15, 0.2) is 0 Å². The Kier molecular flexibility index (Phi) is 4.96. The number of nitro benzene ring substituents is 1. The maximum atomic E-state index is 12.7. The molecule has 1 N–H and O–H groups in total. The van der Waals surface area contributed by atoms with E-state index in [1.807, 2.05) is 12.1 Å². The largest absolute Gasteiger partial charge is 0.269 e. The number of nitro groups is 1. The van der Waals surface area contributed by atoms with Gasteiger partial charge in [0.2, 0.25) is 10.0 Å². The van der Waals surface area contributed by atoms with Gasteiger partial charge in [-0.25, -0.2) is 13.1 Å². The Labute approximate surface area is 171 Å². The maximum absolute atomic E-state index is 12.7. The normalized spacial score (nSPS) is 18.8. The molecular weight excluding hydrogens is 420 g/mol. The van der Waals surface area contributed by atoms with Gasteiger partial charge < -0.3 is 0 Å². The zero-order chi connectivity index (χ0) is 19.9. The van der Waals surface area contributed by atoms with Crippen molar-refractivity contribution in [1.29, 1.82) is 0 Å². The van der Waals surface area contributed by atoms with E-state index in [9.17, 15) is 18.5 Å². The van der Waals surface area contributed by atoms with Crippen LogP contribution >= 0.6 is 22.9 Å². The van der Waals surface area contributed by atoms with Crippen molar-refractivity contribution in [3.63, 3.8) is 0 Å². The second kappa shape index (κ2) is 7.29. The second-order valence-electron chi connectivity index (χ2n) is 6.55. The predicted octanol–water partition coefficient (Wildman–Crippen LogP) is 4.81. The van der Waals surface area contributed by atoms with Gasteiger partial charge in [-0.1, -0.05) is 35.9 Å². The van der Waals surface area contributed by atoms with Crippen LogP contribution in [0.3, 0.4) is 0 Å². The minimum Gasteiger partial charge on any atom is -0.258 e. The third-order valence-electron chi connectivity index (χ3n) is 4.58. The molecule has 4 rings (SSSR count). The fourth-order valence-electron chi connectivity index (χ4n) is 3.05. The van der Waals surface area contributed by atoms with Gasteiger partial charge in [0.05, 0.1) is 4.92 Å². The minimum absolute atomic E-state index is 0.0110. The molecule has 28 heavy (non-hydrogen) atoms. The van der Waals surface area contributed by atoms with Crippen LogP contribution in [-0.2, 0) is 10.0 Å². The fraction of sp³-hybridized carbons (Fsp3) is 0.158. The number of halogens is 1. The first kappa shape index (κ1) is 19.1. The number of rotatable bonds is 6. The van der Waals surface area contributed by atoms with Crippen molar-refractivity contribution in [2.45, 2.75) is 22.6 Å². The molecule has 2 atom stereocenters. The molecular formula is C19H15ClN2O4S2. The van der Waals surface area contributed by atoms with Crippen molar-refractivity contribution < 1.29 is 13.3 Å². The van der Waals surface area contributed by atoms with E-state index in [1.165, 1.54) is 23.5 Å². The van der Waals surface area contributed by atoms with Crippen LogP contribution in [0.1, 0.15) is 17.9 Å². The van der Waals surface area contributed by atoms with Gasteiger partial charge in [-0.05, 0) is 41.8 Å². The summed E-state index contributed by atoms with van der Waals surface area (Å²) in [7, 11) is -3.65. The molecule has 6 nitrogen and oxygen atoms in total. The molecule has 0 unspecified atom stereocenters. The molecule has 3 aromatic rings. The lowest BCUT2D eigenvalue weighted by molar-refractivity contribution is -0.384. The van der Waals surface area contributed by atoms with Gasteiger partial charge in [-0.2, -0.15) is 0 Å². The summed E-state index contributed by atoms with van der Waals surface area (Å²) < 4.78 is 28.4. The number of thiophene rings is 1. The number of hydrogen-bond acceptors (Lipinski definition) is 5. The van der Waals surface area contributed by atoms with Crippen LogP contribution in [-0.4, -0.2) is 19.4 Å². The Morgan fingerprint density at radius 1 is 1.11 bits per heavy atom. The van der Waals surface area contributed by atoms with E-state index < -0.39 is 14.9 Å². The second-order valence-corrected chi connectivity index (χ2v) is 10.0. The molecule has 0 aliphatic heterocycles. The highest BCUT2D eigenvalue weighted by molar-refractivity contribution is 7.91. The lowest BCUT2D eigenvalue weighted by atomic mass is 10.1. The smallest absolute Gasteiger partial charge is 0.258 e. The number of benzene rings is 2. The van der Waals surface area contributed by atoms with Gasteiger partial charge in [0.25, 0.3) is 5.69 Å². The third-order valence-corrected chi connectivity index (χ3v) is 7.95. The van der Waals surface area contributed by atoms with Crippen molar-refractivity contribution in [2.24, 2.45) is 0 Å². The number of nitrogens with zero attached hydrogens (tertiary/aromatic N) is 1. The van der Waals surface area contributed by atoms with Gasteiger partial charge in [-0.3, -0.25) is 10.1 Å². The minimum atomic E-state index is -3.65. The van der Waals surface area contributed by atoms with Crippen LogP contribution < -0.4 is 4.72 Å². The van der Waals surface area contributed by atoms with Gasteiger partial charge >= 0.3 is 0 Å². The predicted molar refractivity (Wildman–Crippen MR) is 109 cm³/mol. The number of non-ortho nitro benzene ring substituents is 1. The number of hydrogen-bond donors (Lipinski definition) is 1. The summed E-state index contributed by atoms with van der Waals surface area (Å²) in [5.41, 5.74) is 1.68. The highest BCUT2D eigenvalue weighted by atomic mass is 35.5. The number of sulfonamides is 1. The summed E-state index contributed by atoms with van der Waals surface area (Å²) in [6.45, 7) is 0. The first-order chi connectivity index (χ1) is 13.3. The molecule has 9 heteroatoms. The van der Waals surface area contributed by atoms with E-state index in [0.717, 1.165) is 16.0 Å². The van der Waals surface area contributed by atoms with E-state index in [2.05, 4.69) is 4.72 Å². The molecule has 1 aliphatic rings. The van der Waals surface area contributed by atoms with Crippen molar-refractivity contribution >= 4 is 38.6 Å². The Morgan fingerprint density at radius 2 is 1.86 bits per heavy atom. The van der Waals surface area contributed by atoms with Gasteiger partial charge in [-0.15, -0.1) is 11.3 Å². The van der Waals surface area contributed by atoms with Crippen molar-refractivity contribution in [1.82, 2.24) is 4.72 Å². The van der Waals surface area contributed by atoms with Crippen molar-refractivity contribution in [2.75, 3.05) is 0 Å². The highest BCUT2D eigenvalue weighted by Crippen LogP contribution is 2.43.